The van der Waals surface area contributed by atoms with Gasteiger partial charge in [-0.3, -0.25) is 9.36 Å². The summed E-state index contributed by atoms with van der Waals surface area (Å²) in [5.41, 5.74) is 8.80. The molecule has 2 aromatic heterocycles. The minimum absolute atomic E-state index is 0.187. The average molecular weight is 282 g/mol. The second kappa shape index (κ2) is 4.59. The van der Waals surface area contributed by atoms with E-state index in [1.165, 1.54) is 6.33 Å². The lowest BCUT2D eigenvalue weighted by atomic mass is 10.1. The largest absolute Gasteiger partial charge is 0.508 e. The third kappa shape index (κ3) is 1.92. The van der Waals surface area contributed by atoms with Gasteiger partial charge in [0.1, 0.15) is 17.7 Å². The van der Waals surface area contributed by atoms with E-state index in [2.05, 4.69) is 9.97 Å². The Kier molecular flexibility index (Phi) is 2.86. The van der Waals surface area contributed by atoms with Gasteiger partial charge in [0.2, 0.25) is 0 Å². The molecule has 0 unspecified atom stereocenters. The summed E-state index contributed by atoms with van der Waals surface area (Å²) in [7, 11) is 0. The summed E-state index contributed by atoms with van der Waals surface area (Å²) in [4.78, 5) is 19.8. The van der Waals surface area contributed by atoms with E-state index in [1.54, 1.807) is 23.0 Å². The summed E-state index contributed by atoms with van der Waals surface area (Å²) in [5.74, 6) is -0.351. The first-order chi connectivity index (χ1) is 10.0. The van der Waals surface area contributed by atoms with E-state index in [9.17, 15) is 9.90 Å². The SMILES string of the molecule is Cc1ccc(O)c(C)c1-n1cc(C(N)=O)c2cncnc21. The molecule has 0 bridgehead atoms. The van der Waals surface area contributed by atoms with Gasteiger partial charge in [-0.25, -0.2) is 9.97 Å². The lowest BCUT2D eigenvalue weighted by molar-refractivity contribution is 0.100. The van der Waals surface area contributed by atoms with Crippen molar-refractivity contribution in [2.24, 2.45) is 5.73 Å². The van der Waals surface area contributed by atoms with Gasteiger partial charge in [-0.15, -0.1) is 0 Å². The Balaban J connectivity index is 2.42. The van der Waals surface area contributed by atoms with E-state index < -0.39 is 5.91 Å². The summed E-state index contributed by atoms with van der Waals surface area (Å²) in [6.07, 6.45) is 4.61. The molecule has 0 aliphatic rings. The molecule has 6 heteroatoms. The molecule has 1 aromatic carbocycles. The minimum atomic E-state index is -0.538. The molecule has 0 saturated carbocycles. The highest BCUT2D eigenvalue weighted by Crippen LogP contribution is 2.30. The molecule has 3 N–H and O–H groups in total. The van der Waals surface area contributed by atoms with Crippen LogP contribution in [-0.4, -0.2) is 25.5 Å². The van der Waals surface area contributed by atoms with Gasteiger partial charge in [-0.05, 0) is 25.5 Å². The molecule has 0 aliphatic heterocycles. The zero-order valence-electron chi connectivity index (χ0n) is 11.7. The molecule has 0 atom stereocenters. The summed E-state index contributed by atoms with van der Waals surface area (Å²) in [5, 5.41) is 10.5. The summed E-state index contributed by atoms with van der Waals surface area (Å²) >= 11 is 0. The number of fused-ring (bicyclic) bond motifs is 1. The molecule has 0 spiro atoms. The van der Waals surface area contributed by atoms with Crippen molar-refractivity contribution in [1.29, 1.82) is 0 Å². The topological polar surface area (TPSA) is 94.0 Å². The number of benzene rings is 1. The molecule has 3 aromatic rings. The second-order valence-electron chi connectivity index (χ2n) is 4.91. The van der Waals surface area contributed by atoms with Gasteiger partial charge in [0.15, 0.2) is 0 Å². The van der Waals surface area contributed by atoms with Crippen molar-refractivity contribution in [3.05, 3.63) is 47.5 Å². The van der Waals surface area contributed by atoms with Crippen LogP contribution in [0.5, 0.6) is 5.75 Å². The van der Waals surface area contributed by atoms with Crippen LogP contribution < -0.4 is 5.73 Å². The molecular weight excluding hydrogens is 268 g/mol. The van der Waals surface area contributed by atoms with Crippen molar-refractivity contribution in [1.82, 2.24) is 14.5 Å². The zero-order chi connectivity index (χ0) is 15.1. The van der Waals surface area contributed by atoms with Gasteiger partial charge in [-0.2, -0.15) is 0 Å². The number of aromatic nitrogens is 3. The van der Waals surface area contributed by atoms with Crippen LogP contribution >= 0.6 is 0 Å². The molecule has 0 radical (unpaired) electrons. The molecule has 21 heavy (non-hydrogen) atoms. The van der Waals surface area contributed by atoms with E-state index >= 15 is 0 Å². The number of aryl methyl sites for hydroxylation is 1. The number of nitrogens with zero attached hydrogens (tertiary/aromatic N) is 3. The second-order valence-corrected chi connectivity index (χ2v) is 4.91. The van der Waals surface area contributed by atoms with E-state index in [-0.39, 0.29) is 5.75 Å². The molecule has 6 nitrogen and oxygen atoms in total. The molecule has 3 rings (SSSR count). The number of rotatable bonds is 2. The van der Waals surface area contributed by atoms with Gasteiger partial charge in [0, 0.05) is 18.0 Å². The predicted molar refractivity (Wildman–Crippen MR) is 78.5 cm³/mol. The van der Waals surface area contributed by atoms with Crippen LogP contribution in [0.4, 0.5) is 0 Å². The predicted octanol–water partition coefficient (Wildman–Crippen LogP) is 1.84. The molecule has 0 fully saturated rings. The highest BCUT2D eigenvalue weighted by molar-refractivity contribution is 6.05. The van der Waals surface area contributed by atoms with E-state index in [1.807, 2.05) is 19.9 Å². The highest BCUT2D eigenvalue weighted by Gasteiger charge is 2.18. The van der Waals surface area contributed by atoms with Crippen molar-refractivity contribution >= 4 is 16.9 Å². The Labute approximate surface area is 120 Å². The summed E-state index contributed by atoms with van der Waals surface area (Å²) < 4.78 is 1.77. The number of carbonyl (C=O) groups excluding carboxylic acids is 1. The fourth-order valence-corrected chi connectivity index (χ4v) is 2.53. The van der Waals surface area contributed by atoms with E-state index in [4.69, 9.17) is 5.73 Å². The summed E-state index contributed by atoms with van der Waals surface area (Å²) in [6, 6.07) is 3.46. The maximum atomic E-state index is 11.6. The number of nitrogens with two attached hydrogens (primary N) is 1. The van der Waals surface area contributed by atoms with E-state index in [0.717, 1.165) is 11.3 Å². The number of phenols is 1. The maximum absolute atomic E-state index is 11.6. The first-order valence-corrected chi connectivity index (χ1v) is 6.41. The van der Waals surface area contributed by atoms with Gasteiger partial charge in [-0.1, -0.05) is 6.07 Å². The Hall–Kier alpha value is -2.89. The lowest BCUT2D eigenvalue weighted by Gasteiger charge is -2.13. The molecule has 106 valence electrons. The van der Waals surface area contributed by atoms with Crippen molar-refractivity contribution in [3.63, 3.8) is 0 Å². The highest BCUT2D eigenvalue weighted by atomic mass is 16.3. The van der Waals surface area contributed by atoms with Crippen molar-refractivity contribution in [3.8, 4) is 11.4 Å². The minimum Gasteiger partial charge on any atom is -0.508 e. The molecule has 0 aliphatic carbocycles. The van der Waals surface area contributed by atoms with Crippen LogP contribution in [0.1, 0.15) is 21.5 Å². The smallest absolute Gasteiger partial charge is 0.251 e. The van der Waals surface area contributed by atoms with Gasteiger partial charge >= 0.3 is 0 Å². The zero-order valence-corrected chi connectivity index (χ0v) is 11.7. The quantitative estimate of drug-likeness (QED) is 0.750. The third-order valence-electron chi connectivity index (χ3n) is 3.58. The van der Waals surface area contributed by atoms with Crippen LogP contribution in [0.15, 0.2) is 30.9 Å². The first kappa shape index (κ1) is 13.1. The Morgan fingerprint density at radius 3 is 2.81 bits per heavy atom. The van der Waals surface area contributed by atoms with Crippen LogP contribution in [-0.2, 0) is 0 Å². The number of aromatic hydroxyl groups is 1. The van der Waals surface area contributed by atoms with Crippen LogP contribution in [0.3, 0.4) is 0 Å². The lowest BCUT2D eigenvalue weighted by Crippen LogP contribution is -2.10. The fourth-order valence-electron chi connectivity index (χ4n) is 2.53. The van der Waals surface area contributed by atoms with Gasteiger partial charge in [0.05, 0.1) is 16.6 Å². The molecular formula is C15H14N4O2. The average Bonchev–Trinajstić information content (AvgIpc) is 2.84. The Morgan fingerprint density at radius 2 is 2.10 bits per heavy atom. The third-order valence-corrected chi connectivity index (χ3v) is 3.58. The fraction of sp³-hybridized carbons (Fsp3) is 0.133. The number of phenolic OH excluding ortho intramolecular Hbond substituents is 1. The summed E-state index contributed by atoms with van der Waals surface area (Å²) in [6.45, 7) is 3.74. The standard InChI is InChI=1S/C15H14N4O2/c1-8-3-4-12(20)9(2)13(8)19-6-11(14(16)21)10-5-17-7-18-15(10)19/h3-7,20H,1-2H3,(H2,16,21). The van der Waals surface area contributed by atoms with Crippen LogP contribution in [0.2, 0.25) is 0 Å². The number of hydrogen-bond acceptors (Lipinski definition) is 4. The van der Waals surface area contributed by atoms with Crippen molar-refractivity contribution in [2.75, 3.05) is 0 Å². The number of carbonyl (C=O) groups is 1. The Morgan fingerprint density at radius 1 is 1.33 bits per heavy atom. The normalized spacial score (nSPS) is 11.0. The molecule has 2 heterocycles. The number of amides is 1. The molecule has 1 amide bonds. The maximum Gasteiger partial charge on any atom is 0.251 e. The van der Waals surface area contributed by atoms with Crippen molar-refractivity contribution < 1.29 is 9.90 Å². The Bertz CT molecular complexity index is 867. The monoisotopic (exact) mass is 282 g/mol. The van der Waals surface area contributed by atoms with Crippen LogP contribution in [0.25, 0.3) is 16.7 Å². The van der Waals surface area contributed by atoms with Gasteiger partial charge in [0.25, 0.3) is 5.91 Å². The van der Waals surface area contributed by atoms with Gasteiger partial charge < -0.3 is 10.8 Å². The first-order valence-electron chi connectivity index (χ1n) is 6.41. The molecule has 0 saturated heterocycles. The number of primary amides is 1. The van der Waals surface area contributed by atoms with E-state index in [0.29, 0.717) is 22.2 Å². The number of hydrogen-bond donors (Lipinski definition) is 2. The van der Waals surface area contributed by atoms with Crippen LogP contribution in [0, 0.1) is 13.8 Å². The van der Waals surface area contributed by atoms with Crippen molar-refractivity contribution in [2.45, 2.75) is 13.8 Å².